The van der Waals surface area contributed by atoms with E-state index in [1.165, 1.54) is 7.11 Å². The van der Waals surface area contributed by atoms with Gasteiger partial charge in [0, 0.05) is 18.2 Å². The van der Waals surface area contributed by atoms with E-state index < -0.39 is 12.0 Å². The summed E-state index contributed by atoms with van der Waals surface area (Å²) in [5.41, 5.74) is 8.21. The van der Waals surface area contributed by atoms with Crippen molar-refractivity contribution in [3.8, 4) is 0 Å². The number of urea groups is 1. The van der Waals surface area contributed by atoms with E-state index in [1.807, 2.05) is 31.2 Å². The predicted octanol–water partition coefficient (Wildman–Crippen LogP) is 0.973. The first kappa shape index (κ1) is 19.9. The minimum Gasteiger partial charge on any atom is -0.466 e. The van der Waals surface area contributed by atoms with Crippen LogP contribution in [0.15, 0.2) is 35.5 Å². The second-order valence-electron chi connectivity index (χ2n) is 7.28. The zero-order valence-corrected chi connectivity index (χ0v) is 16.2. The first-order chi connectivity index (χ1) is 13.4. The number of hydrogen-bond donors (Lipinski definition) is 3. The number of primary amides is 1. The Morgan fingerprint density at radius 2 is 1.86 bits per heavy atom. The summed E-state index contributed by atoms with van der Waals surface area (Å²) in [6, 6.07) is 6.72. The van der Waals surface area contributed by atoms with Crippen molar-refractivity contribution in [1.29, 1.82) is 0 Å². The lowest BCUT2D eigenvalue weighted by atomic mass is 9.93. The molecular weight excluding hydrogens is 360 g/mol. The summed E-state index contributed by atoms with van der Waals surface area (Å²) in [6.07, 6.45) is 1.34. The standard InChI is InChI=1S/C20H26N4O4/c1-12-3-5-13(6-4-12)17-16(19(26)28-2)15(22-20(27)23-17)11-24-9-7-14(8-10-24)18(21)25/h3-6,14,17H,7-11H2,1-2H3,(H2,21,25)(H2,22,23,27)/t17-/m1/s1. The molecule has 28 heavy (non-hydrogen) atoms. The second kappa shape index (κ2) is 8.43. The summed E-state index contributed by atoms with van der Waals surface area (Å²) in [6.45, 7) is 3.71. The largest absolute Gasteiger partial charge is 0.466 e. The van der Waals surface area contributed by atoms with Crippen LogP contribution in [0, 0.1) is 12.8 Å². The highest BCUT2D eigenvalue weighted by Crippen LogP contribution is 2.29. The van der Waals surface area contributed by atoms with Gasteiger partial charge in [-0.2, -0.15) is 0 Å². The molecule has 0 saturated carbocycles. The molecule has 2 aliphatic heterocycles. The lowest BCUT2D eigenvalue weighted by Gasteiger charge is -2.34. The fourth-order valence-corrected chi connectivity index (χ4v) is 3.70. The highest BCUT2D eigenvalue weighted by Gasteiger charge is 2.34. The fraction of sp³-hybridized carbons (Fsp3) is 0.450. The molecule has 3 amide bonds. The Morgan fingerprint density at radius 1 is 1.21 bits per heavy atom. The average molecular weight is 386 g/mol. The molecule has 0 aliphatic carbocycles. The molecule has 0 radical (unpaired) electrons. The van der Waals surface area contributed by atoms with E-state index in [4.69, 9.17) is 10.5 Å². The Morgan fingerprint density at radius 3 is 2.43 bits per heavy atom. The molecule has 1 aromatic rings. The van der Waals surface area contributed by atoms with Gasteiger partial charge in [0.2, 0.25) is 5.91 Å². The second-order valence-corrected chi connectivity index (χ2v) is 7.28. The molecule has 3 rings (SSSR count). The van der Waals surface area contributed by atoms with Crippen molar-refractivity contribution in [3.63, 3.8) is 0 Å². The number of nitrogens with two attached hydrogens (primary N) is 1. The van der Waals surface area contributed by atoms with Gasteiger partial charge >= 0.3 is 12.0 Å². The number of carbonyl (C=O) groups is 3. The van der Waals surface area contributed by atoms with Gasteiger partial charge in [-0.1, -0.05) is 29.8 Å². The smallest absolute Gasteiger partial charge is 0.338 e. The van der Waals surface area contributed by atoms with Crippen molar-refractivity contribution >= 4 is 17.9 Å². The molecule has 0 unspecified atom stereocenters. The lowest BCUT2D eigenvalue weighted by molar-refractivity contribution is -0.136. The van der Waals surface area contributed by atoms with E-state index in [-0.39, 0.29) is 17.9 Å². The molecule has 0 bridgehead atoms. The van der Waals surface area contributed by atoms with Gasteiger partial charge in [-0.25, -0.2) is 9.59 Å². The number of nitrogens with zero attached hydrogens (tertiary/aromatic N) is 1. The van der Waals surface area contributed by atoms with Crippen LogP contribution in [0.1, 0.15) is 30.0 Å². The number of rotatable bonds is 5. The summed E-state index contributed by atoms with van der Waals surface area (Å²) in [5, 5.41) is 5.59. The maximum Gasteiger partial charge on any atom is 0.338 e. The number of benzene rings is 1. The van der Waals surface area contributed by atoms with Crippen LogP contribution in [0.3, 0.4) is 0 Å². The lowest BCUT2D eigenvalue weighted by Crippen LogP contribution is -2.49. The van der Waals surface area contributed by atoms with Gasteiger partial charge in [0.05, 0.1) is 18.7 Å². The number of methoxy groups -OCH3 is 1. The molecule has 1 aromatic carbocycles. The first-order valence-corrected chi connectivity index (χ1v) is 9.36. The molecule has 2 heterocycles. The number of likely N-dealkylation sites (tertiary alicyclic amines) is 1. The number of ether oxygens (including phenoxy) is 1. The molecule has 8 nitrogen and oxygen atoms in total. The van der Waals surface area contributed by atoms with Crippen LogP contribution in [0.2, 0.25) is 0 Å². The number of amides is 3. The van der Waals surface area contributed by atoms with Crippen LogP contribution in [0.4, 0.5) is 4.79 Å². The fourth-order valence-electron chi connectivity index (χ4n) is 3.70. The minimum atomic E-state index is -0.583. The Kier molecular flexibility index (Phi) is 5.99. The first-order valence-electron chi connectivity index (χ1n) is 9.36. The van der Waals surface area contributed by atoms with E-state index in [0.29, 0.717) is 43.7 Å². The van der Waals surface area contributed by atoms with Crippen LogP contribution in [0.25, 0.3) is 0 Å². The summed E-state index contributed by atoms with van der Waals surface area (Å²) in [5.74, 6) is -0.878. The van der Waals surface area contributed by atoms with E-state index in [1.54, 1.807) is 0 Å². The van der Waals surface area contributed by atoms with Gasteiger partial charge < -0.3 is 21.1 Å². The third kappa shape index (κ3) is 4.33. The van der Waals surface area contributed by atoms with Crippen LogP contribution >= 0.6 is 0 Å². The Bertz CT molecular complexity index is 795. The molecule has 1 saturated heterocycles. The van der Waals surface area contributed by atoms with Crippen LogP contribution < -0.4 is 16.4 Å². The molecular formula is C20H26N4O4. The van der Waals surface area contributed by atoms with Gasteiger partial charge in [0.25, 0.3) is 0 Å². The maximum absolute atomic E-state index is 12.6. The van der Waals surface area contributed by atoms with Crippen molar-refractivity contribution in [3.05, 3.63) is 46.7 Å². The third-order valence-electron chi connectivity index (χ3n) is 5.34. The number of hydrogen-bond acceptors (Lipinski definition) is 5. The molecule has 1 fully saturated rings. The highest BCUT2D eigenvalue weighted by atomic mass is 16.5. The van der Waals surface area contributed by atoms with E-state index in [9.17, 15) is 14.4 Å². The SMILES string of the molecule is COC(=O)C1=C(CN2CCC(C(N)=O)CC2)NC(=O)N[C@@H]1c1ccc(C)cc1. The van der Waals surface area contributed by atoms with E-state index in [2.05, 4.69) is 15.5 Å². The van der Waals surface area contributed by atoms with E-state index >= 15 is 0 Å². The average Bonchev–Trinajstić information content (AvgIpc) is 2.68. The molecule has 4 N–H and O–H groups in total. The Hall–Kier alpha value is -2.87. The monoisotopic (exact) mass is 386 g/mol. The summed E-state index contributed by atoms with van der Waals surface area (Å²) >= 11 is 0. The molecule has 0 spiro atoms. The summed E-state index contributed by atoms with van der Waals surface area (Å²) < 4.78 is 5.00. The zero-order chi connectivity index (χ0) is 20.3. The van der Waals surface area contributed by atoms with Gasteiger partial charge in [0.15, 0.2) is 0 Å². The van der Waals surface area contributed by atoms with Crippen molar-refractivity contribution in [2.75, 3.05) is 26.7 Å². The molecule has 8 heteroatoms. The highest BCUT2D eigenvalue weighted by molar-refractivity contribution is 5.95. The summed E-state index contributed by atoms with van der Waals surface area (Å²) in [7, 11) is 1.33. The molecule has 150 valence electrons. The predicted molar refractivity (Wildman–Crippen MR) is 103 cm³/mol. The van der Waals surface area contributed by atoms with Gasteiger partial charge in [-0.15, -0.1) is 0 Å². The van der Waals surface area contributed by atoms with Crippen molar-refractivity contribution in [2.45, 2.75) is 25.8 Å². The molecule has 0 aromatic heterocycles. The van der Waals surface area contributed by atoms with Crippen molar-refractivity contribution in [1.82, 2.24) is 15.5 Å². The number of aryl methyl sites for hydroxylation is 1. The van der Waals surface area contributed by atoms with Gasteiger partial charge in [0.1, 0.15) is 0 Å². The normalized spacial score (nSPS) is 21.1. The summed E-state index contributed by atoms with van der Waals surface area (Å²) in [4.78, 5) is 38.3. The van der Waals surface area contributed by atoms with Crippen molar-refractivity contribution < 1.29 is 19.1 Å². The number of nitrogens with one attached hydrogen (secondary N) is 2. The minimum absolute atomic E-state index is 0.117. The zero-order valence-electron chi connectivity index (χ0n) is 16.2. The van der Waals surface area contributed by atoms with Crippen LogP contribution in [-0.2, 0) is 14.3 Å². The molecule has 1 atom stereocenters. The van der Waals surface area contributed by atoms with Crippen LogP contribution in [-0.4, -0.2) is 49.6 Å². The van der Waals surface area contributed by atoms with E-state index in [0.717, 1.165) is 11.1 Å². The maximum atomic E-state index is 12.6. The topological polar surface area (TPSA) is 114 Å². The Labute approximate surface area is 164 Å². The van der Waals surface area contributed by atoms with Crippen LogP contribution in [0.5, 0.6) is 0 Å². The number of esters is 1. The number of carbonyl (C=O) groups excluding carboxylic acids is 3. The third-order valence-corrected chi connectivity index (χ3v) is 5.34. The molecule has 2 aliphatic rings. The Balaban J connectivity index is 1.88. The quantitative estimate of drug-likeness (QED) is 0.653. The van der Waals surface area contributed by atoms with Gasteiger partial charge in [-0.3, -0.25) is 9.69 Å². The number of piperidine rings is 1. The van der Waals surface area contributed by atoms with Gasteiger partial charge in [-0.05, 0) is 38.4 Å². The van der Waals surface area contributed by atoms with Crippen molar-refractivity contribution in [2.24, 2.45) is 11.7 Å².